The fourth-order valence-corrected chi connectivity index (χ4v) is 2.20. The van der Waals surface area contributed by atoms with Gasteiger partial charge in [0.25, 0.3) is 0 Å². The molecule has 0 spiro atoms. The van der Waals surface area contributed by atoms with Crippen molar-refractivity contribution in [2.24, 2.45) is 5.92 Å². The van der Waals surface area contributed by atoms with Gasteiger partial charge in [0.15, 0.2) is 0 Å². The second kappa shape index (κ2) is 5.34. The van der Waals surface area contributed by atoms with Crippen LogP contribution < -0.4 is 5.32 Å². The number of hydrogen-bond acceptors (Lipinski definition) is 2. The molecule has 2 atom stereocenters. The number of rotatable bonds is 4. The van der Waals surface area contributed by atoms with Crippen LogP contribution in [0.2, 0.25) is 0 Å². The average molecular weight is 235 g/mol. The molecule has 17 heavy (non-hydrogen) atoms. The quantitative estimate of drug-likeness (QED) is 0.866. The topological polar surface area (TPSA) is 46.9 Å². The molecule has 2 rings (SSSR count). The summed E-state index contributed by atoms with van der Waals surface area (Å²) in [5.74, 6) is 0.304. The van der Waals surface area contributed by atoms with Crippen LogP contribution in [0.25, 0.3) is 0 Å². The van der Waals surface area contributed by atoms with Crippen LogP contribution >= 0.6 is 0 Å². The number of nitrogens with one attached hydrogen (secondary N) is 1. The van der Waals surface area contributed by atoms with Gasteiger partial charge in [0.05, 0.1) is 5.69 Å². The van der Waals surface area contributed by atoms with Gasteiger partial charge in [0.1, 0.15) is 0 Å². The van der Waals surface area contributed by atoms with Crippen LogP contribution in [0.5, 0.6) is 0 Å². The summed E-state index contributed by atoms with van der Waals surface area (Å²) in [7, 11) is 0. The van der Waals surface area contributed by atoms with E-state index in [1.165, 1.54) is 0 Å². The van der Waals surface area contributed by atoms with Crippen molar-refractivity contribution in [1.82, 2.24) is 15.1 Å². The predicted molar refractivity (Wildman–Crippen MR) is 66.7 cm³/mol. The Balaban J connectivity index is 1.98. The molecule has 2 heterocycles. The average Bonchev–Trinajstić information content (AvgIpc) is 2.80. The maximum atomic E-state index is 11.6. The van der Waals surface area contributed by atoms with E-state index in [0.29, 0.717) is 6.04 Å². The fourth-order valence-electron chi connectivity index (χ4n) is 2.20. The Bertz CT molecular complexity index is 386. The Morgan fingerprint density at radius 1 is 1.65 bits per heavy atom. The molecule has 1 fully saturated rings. The van der Waals surface area contributed by atoms with E-state index in [2.05, 4.69) is 24.3 Å². The van der Waals surface area contributed by atoms with E-state index in [0.717, 1.165) is 37.9 Å². The standard InChI is InChI=1S/C13H21N3O/c1-3-10(2)16-8-6-12(15-16)9-11-5-4-7-14-13(11)17/h6,8,10-11H,3-5,7,9H2,1-2H3,(H,14,17). The highest BCUT2D eigenvalue weighted by atomic mass is 16.1. The highest BCUT2D eigenvalue weighted by molar-refractivity contribution is 5.79. The van der Waals surface area contributed by atoms with Gasteiger partial charge in [-0.05, 0) is 32.3 Å². The summed E-state index contributed by atoms with van der Waals surface area (Å²) in [5, 5.41) is 7.47. The Labute approximate surface area is 102 Å². The van der Waals surface area contributed by atoms with E-state index < -0.39 is 0 Å². The maximum Gasteiger partial charge on any atom is 0.223 e. The van der Waals surface area contributed by atoms with Gasteiger partial charge in [0, 0.05) is 31.1 Å². The third kappa shape index (κ3) is 2.87. The summed E-state index contributed by atoms with van der Waals surface area (Å²) in [6.45, 7) is 5.14. The summed E-state index contributed by atoms with van der Waals surface area (Å²) in [6.07, 6.45) is 5.94. The first-order valence-electron chi connectivity index (χ1n) is 6.52. The highest BCUT2D eigenvalue weighted by Crippen LogP contribution is 2.17. The van der Waals surface area contributed by atoms with Crippen molar-refractivity contribution in [2.45, 2.75) is 45.6 Å². The third-order valence-corrected chi connectivity index (χ3v) is 3.56. The molecular weight excluding hydrogens is 214 g/mol. The lowest BCUT2D eigenvalue weighted by Gasteiger charge is -2.20. The van der Waals surface area contributed by atoms with Gasteiger partial charge in [-0.2, -0.15) is 5.10 Å². The van der Waals surface area contributed by atoms with Crippen LogP contribution in [-0.2, 0) is 11.2 Å². The number of hydrogen-bond donors (Lipinski definition) is 1. The normalized spacial score (nSPS) is 22.2. The molecule has 0 aliphatic carbocycles. The van der Waals surface area contributed by atoms with Crippen LogP contribution in [0.3, 0.4) is 0 Å². The monoisotopic (exact) mass is 235 g/mol. The van der Waals surface area contributed by atoms with E-state index in [-0.39, 0.29) is 11.8 Å². The summed E-state index contributed by atoms with van der Waals surface area (Å²) < 4.78 is 2.00. The van der Waals surface area contributed by atoms with Crippen LogP contribution in [0.15, 0.2) is 12.3 Å². The number of carbonyl (C=O) groups is 1. The van der Waals surface area contributed by atoms with Crippen molar-refractivity contribution in [3.05, 3.63) is 18.0 Å². The highest BCUT2D eigenvalue weighted by Gasteiger charge is 2.23. The Morgan fingerprint density at radius 3 is 3.18 bits per heavy atom. The minimum atomic E-state index is 0.115. The Kier molecular flexibility index (Phi) is 3.82. The SMILES string of the molecule is CCC(C)n1ccc(CC2CCCNC2=O)n1. The minimum absolute atomic E-state index is 0.115. The Hall–Kier alpha value is -1.32. The summed E-state index contributed by atoms with van der Waals surface area (Å²) in [6, 6.07) is 2.47. The van der Waals surface area contributed by atoms with Gasteiger partial charge in [-0.3, -0.25) is 9.48 Å². The summed E-state index contributed by atoms with van der Waals surface area (Å²) in [4.78, 5) is 11.6. The lowest BCUT2D eigenvalue weighted by atomic mass is 9.94. The number of aromatic nitrogens is 2. The molecular formula is C13H21N3O. The predicted octanol–water partition coefficient (Wildman–Crippen LogP) is 1.92. The van der Waals surface area contributed by atoms with Crippen molar-refractivity contribution in [1.29, 1.82) is 0 Å². The largest absolute Gasteiger partial charge is 0.356 e. The van der Waals surface area contributed by atoms with Crippen molar-refractivity contribution in [2.75, 3.05) is 6.54 Å². The molecule has 1 saturated heterocycles. The van der Waals surface area contributed by atoms with E-state index in [4.69, 9.17) is 0 Å². The molecule has 2 unspecified atom stereocenters. The molecule has 0 aromatic carbocycles. The zero-order chi connectivity index (χ0) is 12.3. The molecule has 0 saturated carbocycles. The zero-order valence-electron chi connectivity index (χ0n) is 10.6. The number of amides is 1. The number of carbonyl (C=O) groups excluding carboxylic acids is 1. The molecule has 0 radical (unpaired) electrons. The first kappa shape index (κ1) is 12.1. The molecule has 4 nitrogen and oxygen atoms in total. The fraction of sp³-hybridized carbons (Fsp3) is 0.692. The van der Waals surface area contributed by atoms with Crippen molar-refractivity contribution < 1.29 is 4.79 Å². The first-order valence-corrected chi connectivity index (χ1v) is 6.52. The van der Waals surface area contributed by atoms with Crippen molar-refractivity contribution in [3.8, 4) is 0 Å². The van der Waals surface area contributed by atoms with Crippen LogP contribution in [0.4, 0.5) is 0 Å². The van der Waals surface area contributed by atoms with Crippen LogP contribution in [0.1, 0.15) is 44.8 Å². The molecule has 1 aromatic heterocycles. The molecule has 1 N–H and O–H groups in total. The molecule has 94 valence electrons. The van der Waals surface area contributed by atoms with E-state index in [1.807, 2.05) is 16.9 Å². The van der Waals surface area contributed by atoms with Gasteiger partial charge >= 0.3 is 0 Å². The molecule has 1 aliphatic heterocycles. The summed E-state index contributed by atoms with van der Waals surface area (Å²) >= 11 is 0. The second-order valence-corrected chi connectivity index (χ2v) is 4.88. The Morgan fingerprint density at radius 2 is 2.47 bits per heavy atom. The van der Waals surface area contributed by atoms with E-state index in [9.17, 15) is 4.79 Å². The van der Waals surface area contributed by atoms with E-state index >= 15 is 0 Å². The molecule has 1 amide bonds. The number of piperidine rings is 1. The lowest BCUT2D eigenvalue weighted by Crippen LogP contribution is -2.37. The van der Waals surface area contributed by atoms with E-state index in [1.54, 1.807) is 0 Å². The maximum absolute atomic E-state index is 11.6. The van der Waals surface area contributed by atoms with Gasteiger partial charge in [-0.15, -0.1) is 0 Å². The number of nitrogens with zero attached hydrogens (tertiary/aromatic N) is 2. The molecule has 1 aromatic rings. The molecule has 4 heteroatoms. The third-order valence-electron chi connectivity index (χ3n) is 3.56. The van der Waals surface area contributed by atoms with Gasteiger partial charge in [-0.25, -0.2) is 0 Å². The van der Waals surface area contributed by atoms with Gasteiger partial charge < -0.3 is 5.32 Å². The van der Waals surface area contributed by atoms with Crippen molar-refractivity contribution in [3.63, 3.8) is 0 Å². The summed E-state index contributed by atoms with van der Waals surface area (Å²) in [5.41, 5.74) is 1.03. The van der Waals surface area contributed by atoms with Gasteiger partial charge in [0.2, 0.25) is 5.91 Å². The van der Waals surface area contributed by atoms with Crippen LogP contribution in [0, 0.1) is 5.92 Å². The zero-order valence-corrected chi connectivity index (χ0v) is 10.6. The second-order valence-electron chi connectivity index (χ2n) is 4.88. The van der Waals surface area contributed by atoms with Gasteiger partial charge in [-0.1, -0.05) is 6.92 Å². The minimum Gasteiger partial charge on any atom is -0.356 e. The van der Waals surface area contributed by atoms with Crippen molar-refractivity contribution >= 4 is 5.91 Å². The lowest BCUT2D eigenvalue weighted by molar-refractivity contribution is -0.126. The van der Waals surface area contributed by atoms with Crippen LogP contribution in [-0.4, -0.2) is 22.2 Å². The molecule has 0 bridgehead atoms. The molecule has 1 aliphatic rings. The smallest absolute Gasteiger partial charge is 0.223 e. The first-order chi connectivity index (χ1) is 8.20.